The molecule has 3 heterocycles. The minimum absolute atomic E-state index is 0.0458. The van der Waals surface area contributed by atoms with Crippen LogP contribution in [0.25, 0.3) is 0 Å². The van der Waals surface area contributed by atoms with Crippen molar-refractivity contribution in [2.24, 2.45) is 11.8 Å². The van der Waals surface area contributed by atoms with E-state index in [1.807, 2.05) is 13.8 Å². The first-order valence-corrected chi connectivity index (χ1v) is 10.1. The molecule has 3 unspecified atom stereocenters. The van der Waals surface area contributed by atoms with E-state index >= 15 is 0 Å². The van der Waals surface area contributed by atoms with Crippen LogP contribution >= 0.6 is 0 Å². The first-order valence-electron chi connectivity index (χ1n) is 10.1. The zero-order valence-corrected chi connectivity index (χ0v) is 16.7. The Hall–Kier alpha value is -1.90. The third-order valence-corrected chi connectivity index (χ3v) is 5.49. The Morgan fingerprint density at radius 2 is 2.00 bits per heavy atom. The number of hydrogen-bond donors (Lipinski definition) is 2. The van der Waals surface area contributed by atoms with Crippen LogP contribution in [0.4, 0.5) is 0 Å². The van der Waals surface area contributed by atoms with Gasteiger partial charge in [0.05, 0.1) is 26.1 Å². The lowest BCUT2D eigenvalue weighted by Crippen LogP contribution is -2.55. The lowest BCUT2D eigenvalue weighted by Gasteiger charge is -2.37. The van der Waals surface area contributed by atoms with Crippen LogP contribution < -0.4 is 10.6 Å². The quantitative estimate of drug-likeness (QED) is 0.681. The summed E-state index contributed by atoms with van der Waals surface area (Å²) in [6.45, 7) is 9.01. The lowest BCUT2D eigenvalue weighted by atomic mass is 9.96. The highest BCUT2D eigenvalue weighted by atomic mass is 16.5. The van der Waals surface area contributed by atoms with E-state index in [4.69, 9.17) is 13.9 Å². The number of morpholine rings is 1. The first-order chi connectivity index (χ1) is 13.6. The Morgan fingerprint density at radius 1 is 1.21 bits per heavy atom. The first kappa shape index (κ1) is 20.8. The van der Waals surface area contributed by atoms with Crippen molar-refractivity contribution >= 4 is 11.8 Å². The second-order valence-electron chi connectivity index (χ2n) is 7.76. The Balaban J connectivity index is 1.59. The molecule has 1 aromatic heterocycles. The van der Waals surface area contributed by atoms with Crippen molar-refractivity contribution in [3.05, 3.63) is 24.2 Å². The third kappa shape index (κ3) is 5.33. The summed E-state index contributed by atoms with van der Waals surface area (Å²) in [6, 6.07) is 2.82. The summed E-state index contributed by atoms with van der Waals surface area (Å²) in [5, 5.41) is 5.86. The molecule has 0 radical (unpaired) electrons. The summed E-state index contributed by atoms with van der Waals surface area (Å²) in [6.07, 6.45) is 2.44. The largest absolute Gasteiger partial charge is 0.459 e. The van der Waals surface area contributed by atoms with Gasteiger partial charge in [0.1, 0.15) is 6.04 Å². The van der Waals surface area contributed by atoms with Crippen LogP contribution in [0, 0.1) is 11.8 Å². The summed E-state index contributed by atoms with van der Waals surface area (Å²) in [5.74, 6) is -0.00299. The van der Waals surface area contributed by atoms with Gasteiger partial charge in [-0.15, -0.1) is 0 Å². The van der Waals surface area contributed by atoms with Crippen molar-refractivity contribution in [3.63, 3.8) is 0 Å². The summed E-state index contributed by atoms with van der Waals surface area (Å²) in [5.41, 5.74) is 0. The molecule has 2 amide bonds. The monoisotopic (exact) mass is 393 g/mol. The van der Waals surface area contributed by atoms with Crippen molar-refractivity contribution in [3.8, 4) is 0 Å². The molecule has 8 heteroatoms. The number of rotatable bonds is 8. The Morgan fingerprint density at radius 3 is 2.61 bits per heavy atom. The molecule has 156 valence electrons. The molecule has 3 rings (SSSR count). The van der Waals surface area contributed by atoms with Crippen molar-refractivity contribution in [1.82, 2.24) is 15.5 Å². The molecular weight excluding hydrogens is 362 g/mol. The fourth-order valence-electron chi connectivity index (χ4n) is 3.83. The molecular formula is C20H31N3O5. The smallest absolute Gasteiger partial charge is 0.287 e. The van der Waals surface area contributed by atoms with E-state index in [9.17, 15) is 9.59 Å². The second kappa shape index (κ2) is 10.0. The number of hydrogen-bond acceptors (Lipinski definition) is 6. The van der Waals surface area contributed by atoms with Gasteiger partial charge in [0.15, 0.2) is 5.76 Å². The number of carbonyl (C=O) groups excluding carboxylic acids is 2. The molecule has 0 bridgehead atoms. The summed E-state index contributed by atoms with van der Waals surface area (Å²) in [4.78, 5) is 27.5. The zero-order chi connectivity index (χ0) is 19.9. The fourth-order valence-corrected chi connectivity index (χ4v) is 3.83. The van der Waals surface area contributed by atoms with E-state index in [1.54, 1.807) is 12.1 Å². The van der Waals surface area contributed by atoms with Gasteiger partial charge in [0, 0.05) is 38.2 Å². The fraction of sp³-hybridized carbons (Fsp3) is 0.700. The van der Waals surface area contributed by atoms with Crippen LogP contribution in [0.3, 0.4) is 0 Å². The Labute approximate surface area is 165 Å². The molecule has 2 saturated heterocycles. The minimum atomic E-state index is -0.622. The average molecular weight is 393 g/mol. The molecule has 2 N–H and O–H groups in total. The third-order valence-electron chi connectivity index (χ3n) is 5.49. The van der Waals surface area contributed by atoms with Gasteiger partial charge < -0.3 is 24.5 Å². The second-order valence-corrected chi connectivity index (χ2v) is 7.76. The lowest BCUT2D eigenvalue weighted by molar-refractivity contribution is -0.124. The average Bonchev–Trinajstić information content (AvgIpc) is 3.40. The predicted octanol–water partition coefficient (Wildman–Crippen LogP) is 0.888. The number of nitrogens with zero attached hydrogens (tertiary/aromatic N) is 1. The van der Waals surface area contributed by atoms with Crippen molar-refractivity contribution < 1.29 is 23.5 Å². The van der Waals surface area contributed by atoms with E-state index in [2.05, 4.69) is 15.5 Å². The molecule has 0 aromatic carbocycles. The number of amides is 2. The van der Waals surface area contributed by atoms with Gasteiger partial charge >= 0.3 is 0 Å². The number of ether oxygens (including phenoxy) is 2. The number of carbonyl (C=O) groups is 2. The molecule has 8 nitrogen and oxygen atoms in total. The summed E-state index contributed by atoms with van der Waals surface area (Å²) in [7, 11) is 0. The number of nitrogens with one attached hydrogen (secondary N) is 2. The van der Waals surface area contributed by atoms with Gasteiger partial charge in [0.25, 0.3) is 5.91 Å². The zero-order valence-electron chi connectivity index (χ0n) is 16.7. The Bertz CT molecular complexity index is 622. The maximum absolute atomic E-state index is 12.9. The molecule has 0 aliphatic carbocycles. The van der Waals surface area contributed by atoms with E-state index in [-0.39, 0.29) is 29.5 Å². The number of furan rings is 1. The highest BCUT2D eigenvalue weighted by Crippen LogP contribution is 2.22. The topological polar surface area (TPSA) is 93.0 Å². The summed E-state index contributed by atoms with van der Waals surface area (Å²) < 4.78 is 16.2. The SMILES string of the molecule is CC(C)C(NC(=O)c1ccco1)C(=O)NCC(C1CCOC1)N1CCOCC1. The highest BCUT2D eigenvalue weighted by molar-refractivity contribution is 5.95. The normalized spacial score (nSPS) is 22.8. The van der Waals surface area contributed by atoms with E-state index < -0.39 is 6.04 Å². The van der Waals surface area contributed by atoms with Crippen LogP contribution in [-0.4, -0.2) is 74.9 Å². The molecule has 3 atom stereocenters. The standard InChI is InChI=1S/C20H31N3O5/c1-14(2)18(22-19(24)17-4-3-8-28-17)20(25)21-12-16(15-5-9-27-13-15)23-6-10-26-11-7-23/h3-4,8,14-16,18H,5-7,9-13H2,1-2H3,(H,21,25)(H,22,24). The molecule has 1 aromatic rings. The van der Waals surface area contributed by atoms with Gasteiger partial charge in [-0.1, -0.05) is 13.8 Å². The highest BCUT2D eigenvalue weighted by Gasteiger charge is 2.33. The summed E-state index contributed by atoms with van der Waals surface area (Å²) >= 11 is 0. The Kier molecular flexibility index (Phi) is 7.47. The molecule has 2 aliphatic heterocycles. The van der Waals surface area contributed by atoms with Gasteiger partial charge in [-0.2, -0.15) is 0 Å². The van der Waals surface area contributed by atoms with Crippen molar-refractivity contribution in [2.45, 2.75) is 32.4 Å². The van der Waals surface area contributed by atoms with Gasteiger partial charge in [0.2, 0.25) is 5.91 Å². The maximum Gasteiger partial charge on any atom is 0.287 e. The molecule has 0 saturated carbocycles. The van der Waals surface area contributed by atoms with E-state index in [0.29, 0.717) is 25.7 Å². The van der Waals surface area contributed by atoms with Crippen LogP contribution in [0.15, 0.2) is 22.8 Å². The molecule has 0 spiro atoms. The van der Waals surface area contributed by atoms with Gasteiger partial charge in [-0.05, 0) is 24.5 Å². The van der Waals surface area contributed by atoms with Gasteiger partial charge in [-0.3, -0.25) is 14.5 Å². The van der Waals surface area contributed by atoms with Crippen molar-refractivity contribution in [1.29, 1.82) is 0 Å². The van der Waals surface area contributed by atoms with E-state index in [0.717, 1.165) is 32.7 Å². The van der Waals surface area contributed by atoms with Crippen LogP contribution in [0.2, 0.25) is 0 Å². The molecule has 2 aliphatic rings. The van der Waals surface area contributed by atoms with Gasteiger partial charge in [-0.25, -0.2) is 0 Å². The van der Waals surface area contributed by atoms with Crippen LogP contribution in [0.5, 0.6) is 0 Å². The van der Waals surface area contributed by atoms with Crippen LogP contribution in [-0.2, 0) is 14.3 Å². The predicted molar refractivity (Wildman–Crippen MR) is 103 cm³/mol. The van der Waals surface area contributed by atoms with E-state index in [1.165, 1.54) is 6.26 Å². The van der Waals surface area contributed by atoms with Crippen LogP contribution in [0.1, 0.15) is 30.8 Å². The maximum atomic E-state index is 12.9. The van der Waals surface area contributed by atoms with Crippen molar-refractivity contribution in [2.75, 3.05) is 46.1 Å². The minimum Gasteiger partial charge on any atom is -0.459 e. The molecule has 28 heavy (non-hydrogen) atoms. The molecule has 2 fully saturated rings.